The molecule has 0 spiro atoms. The molecular weight excluding hydrogens is 272 g/mol. The van der Waals surface area contributed by atoms with Gasteiger partial charge in [-0.25, -0.2) is 11.9 Å². The van der Waals surface area contributed by atoms with E-state index in [1.54, 1.807) is 12.4 Å². The number of imidazole rings is 1. The van der Waals surface area contributed by atoms with Crippen LogP contribution in [0.5, 0.6) is 0 Å². The summed E-state index contributed by atoms with van der Waals surface area (Å²) >= 11 is 0. The summed E-state index contributed by atoms with van der Waals surface area (Å²) in [5, 5.41) is 0. The molecule has 0 atom stereocenters. The Bertz CT molecular complexity index is 145. The quantitative estimate of drug-likeness (QED) is 0.698. The Hall–Kier alpha value is -0.362. The van der Waals surface area contributed by atoms with Crippen LogP contribution in [0.1, 0.15) is 5.82 Å². The third kappa shape index (κ3) is 1.63. The largest absolute Gasteiger partial charge is 2.00 e. The Morgan fingerprint density at radius 2 is 2.50 bits per heavy atom. The molecule has 0 radical (unpaired) electrons. The van der Waals surface area contributed by atoms with E-state index in [4.69, 9.17) is 6.58 Å². The molecule has 40 valence electrons. The van der Waals surface area contributed by atoms with Gasteiger partial charge >= 0.3 is 21.1 Å². The van der Waals surface area contributed by atoms with Gasteiger partial charge in [-0.3, -0.25) is 6.58 Å². The Kier molecular flexibility index (Phi) is 3.45. The number of hydrogen-bond donors (Lipinski definition) is 0. The number of nitrogens with zero attached hydrogens (tertiary/aromatic N) is 2. The molecule has 1 rings (SSSR count). The van der Waals surface area contributed by atoms with Gasteiger partial charge in [-0.2, -0.15) is 0 Å². The SMILES string of the molecule is [CH-]=Cc1ncc[n-]1.[W+2]. The van der Waals surface area contributed by atoms with Gasteiger partial charge in [0, 0.05) is 0 Å². The molecule has 1 aromatic rings. The fourth-order valence-electron chi connectivity index (χ4n) is 0.339. The van der Waals surface area contributed by atoms with Crippen molar-refractivity contribution in [3.05, 3.63) is 24.8 Å². The van der Waals surface area contributed by atoms with Crippen LogP contribution in [0.25, 0.3) is 6.08 Å². The van der Waals surface area contributed by atoms with Crippen LogP contribution < -0.4 is 4.98 Å². The average molecular weight is 276 g/mol. The number of rotatable bonds is 1. The van der Waals surface area contributed by atoms with E-state index in [2.05, 4.69) is 9.97 Å². The maximum atomic E-state index is 5.04. The van der Waals surface area contributed by atoms with Gasteiger partial charge in [0.15, 0.2) is 0 Å². The molecule has 0 aliphatic carbocycles. The molecule has 0 amide bonds. The first-order chi connectivity index (χ1) is 3.43. The molecule has 1 aromatic heterocycles. The molecule has 0 saturated heterocycles. The summed E-state index contributed by atoms with van der Waals surface area (Å²) in [5.41, 5.74) is 0. The van der Waals surface area contributed by atoms with Gasteiger partial charge < -0.3 is 9.97 Å². The summed E-state index contributed by atoms with van der Waals surface area (Å²) in [4.78, 5) is 7.49. The van der Waals surface area contributed by atoms with Crippen LogP contribution in [0, 0.1) is 6.58 Å². The second-order valence-electron chi connectivity index (χ2n) is 1.08. The molecule has 0 aliphatic rings. The van der Waals surface area contributed by atoms with Crippen molar-refractivity contribution in [2.75, 3.05) is 0 Å². The first-order valence-corrected chi connectivity index (χ1v) is 1.92. The maximum absolute atomic E-state index is 5.04. The molecule has 1 heterocycles. The minimum absolute atomic E-state index is 0. The standard InChI is InChI=1S/C5H4N2.W/c1-2-5-6-3-4-7-5;/h1-4H;/q-2;+2. The first kappa shape index (κ1) is 7.64. The molecule has 8 heavy (non-hydrogen) atoms. The third-order valence-electron chi connectivity index (χ3n) is 0.629. The zero-order chi connectivity index (χ0) is 5.11. The number of aromatic nitrogens is 2. The van der Waals surface area contributed by atoms with Crippen LogP contribution in [0.2, 0.25) is 0 Å². The molecule has 2 nitrogen and oxygen atoms in total. The summed E-state index contributed by atoms with van der Waals surface area (Å²) in [7, 11) is 0. The predicted octanol–water partition coefficient (Wildman–Crippen LogP) is 0.482. The summed E-state index contributed by atoms with van der Waals surface area (Å²) in [6.07, 6.45) is 4.55. The summed E-state index contributed by atoms with van der Waals surface area (Å²) in [6.45, 7) is 5.04. The van der Waals surface area contributed by atoms with Crippen LogP contribution in [0.4, 0.5) is 0 Å². The van der Waals surface area contributed by atoms with Gasteiger partial charge in [0.05, 0.1) is 0 Å². The van der Waals surface area contributed by atoms with Gasteiger partial charge in [-0.15, -0.1) is 12.4 Å². The van der Waals surface area contributed by atoms with E-state index >= 15 is 0 Å². The van der Waals surface area contributed by atoms with Crippen molar-refractivity contribution >= 4 is 6.08 Å². The molecule has 0 fully saturated rings. The van der Waals surface area contributed by atoms with Crippen LogP contribution >= 0.6 is 0 Å². The molecule has 3 heteroatoms. The molecule has 0 bridgehead atoms. The van der Waals surface area contributed by atoms with E-state index in [9.17, 15) is 0 Å². The van der Waals surface area contributed by atoms with E-state index in [-0.39, 0.29) is 21.1 Å². The zero-order valence-electron chi connectivity index (χ0n) is 4.11. The average Bonchev–Trinajstić information content (AvgIpc) is 2.14. The molecule has 0 saturated carbocycles. The number of hydrogen-bond acceptors (Lipinski definition) is 1. The Balaban J connectivity index is 0.000000490. The molecule has 0 aromatic carbocycles. The van der Waals surface area contributed by atoms with Crippen molar-refractivity contribution in [1.82, 2.24) is 9.97 Å². The van der Waals surface area contributed by atoms with Crippen molar-refractivity contribution in [2.24, 2.45) is 0 Å². The van der Waals surface area contributed by atoms with Crippen molar-refractivity contribution < 1.29 is 21.1 Å². The summed E-state index contributed by atoms with van der Waals surface area (Å²) in [5.74, 6) is 0.583. The van der Waals surface area contributed by atoms with Gasteiger partial charge in [0.2, 0.25) is 0 Å². The van der Waals surface area contributed by atoms with Crippen LogP contribution in [-0.2, 0) is 21.1 Å². The predicted molar refractivity (Wildman–Crippen MR) is 26.3 cm³/mol. The summed E-state index contributed by atoms with van der Waals surface area (Å²) < 4.78 is 0. The fourth-order valence-corrected chi connectivity index (χ4v) is 0.339. The second kappa shape index (κ2) is 3.62. The van der Waals surface area contributed by atoms with Gasteiger partial charge in [-0.05, 0) is 0 Å². The van der Waals surface area contributed by atoms with E-state index < -0.39 is 0 Å². The van der Waals surface area contributed by atoms with E-state index in [0.717, 1.165) is 0 Å². The van der Waals surface area contributed by atoms with Crippen LogP contribution in [0.15, 0.2) is 12.4 Å². The van der Waals surface area contributed by atoms with Crippen molar-refractivity contribution in [1.29, 1.82) is 0 Å². The summed E-state index contributed by atoms with van der Waals surface area (Å²) in [6, 6.07) is 0. The first-order valence-electron chi connectivity index (χ1n) is 1.92. The topological polar surface area (TPSA) is 27.0 Å². The minimum Gasteiger partial charge on any atom is -0.539 e. The van der Waals surface area contributed by atoms with Crippen molar-refractivity contribution in [3.63, 3.8) is 0 Å². The third-order valence-corrected chi connectivity index (χ3v) is 0.629. The second-order valence-corrected chi connectivity index (χ2v) is 1.08. The normalized spacial score (nSPS) is 7.50. The van der Waals surface area contributed by atoms with Crippen molar-refractivity contribution in [2.45, 2.75) is 0 Å². The van der Waals surface area contributed by atoms with E-state index in [1.807, 2.05) is 0 Å². The minimum atomic E-state index is 0. The van der Waals surface area contributed by atoms with Crippen LogP contribution in [0.3, 0.4) is 0 Å². The Morgan fingerprint density at radius 3 is 2.75 bits per heavy atom. The van der Waals surface area contributed by atoms with Crippen molar-refractivity contribution in [3.8, 4) is 0 Å². The van der Waals surface area contributed by atoms with E-state index in [0.29, 0.717) is 5.82 Å². The Labute approximate surface area is 62.3 Å². The monoisotopic (exact) mass is 276 g/mol. The van der Waals surface area contributed by atoms with E-state index in [1.165, 1.54) is 6.08 Å². The fraction of sp³-hybridized carbons (Fsp3) is 0. The van der Waals surface area contributed by atoms with Gasteiger partial charge in [0.25, 0.3) is 0 Å². The maximum Gasteiger partial charge on any atom is 2.00 e. The molecular formula is C5H4N2W. The Morgan fingerprint density at radius 1 is 1.75 bits per heavy atom. The molecule has 0 aliphatic heterocycles. The zero-order valence-corrected chi connectivity index (χ0v) is 7.05. The molecule has 0 unspecified atom stereocenters. The van der Waals surface area contributed by atoms with Crippen LogP contribution in [-0.4, -0.2) is 4.98 Å². The van der Waals surface area contributed by atoms with Gasteiger partial charge in [-0.1, -0.05) is 0 Å². The smallest absolute Gasteiger partial charge is 0.539 e. The molecule has 0 N–H and O–H groups in total. The van der Waals surface area contributed by atoms with Gasteiger partial charge in [0.1, 0.15) is 0 Å².